The summed E-state index contributed by atoms with van der Waals surface area (Å²) in [6.45, 7) is 0. The molecule has 0 amide bonds. The van der Waals surface area contributed by atoms with Crippen LogP contribution in [0.4, 0.5) is 24.8 Å². The van der Waals surface area contributed by atoms with E-state index < -0.39 is 11.7 Å². The van der Waals surface area contributed by atoms with Gasteiger partial charge in [-0.05, 0) is 6.07 Å². The molecule has 96 valence electrons. The molecule has 0 aliphatic rings. The van der Waals surface area contributed by atoms with E-state index in [1.54, 1.807) is 0 Å². The Morgan fingerprint density at radius 3 is 2.33 bits per heavy atom. The van der Waals surface area contributed by atoms with E-state index in [-0.39, 0.29) is 22.5 Å². The van der Waals surface area contributed by atoms with Crippen molar-refractivity contribution in [3.63, 3.8) is 0 Å². The van der Waals surface area contributed by atoms with Gasteiger partial charge in [-0.15, -0.1) is 5.10 Å². The van der Waals surface area contributed by atoms with Gasteiger partial charge in [0.1, 0.15) is 11.6 Å². The summed E-state index contributed by atoms with van der Waals surface area (Å²) < 4.78 is 38.3. The molecule has 0 aliphatic heterocycles. The van der Waals surface area contributed by atoms with Crippen molar-refractivity contribution < 1.29 is 13.2 Å². The highest BCUT2D eigenvalue weighted by Crippen LogP contribution is 2.32. The summed E-state index contributed by atoms with van der Waals surface area (Å²) in [5.74, 6) is 0.228. The van der Waals surface area contributed by atoms with Gasteiger partial charge in [0.25, 0.3) is 0 Å². The number of alkyl halides is 3. The lowest BCUT2D eigenvalue weighted by Crippen LogP contribution is -2.09. The van der Waals surface area contributed by atoms with Crippen molar-refractivity contribution >= 4 is 23.2 Å². The summed E-state index contributed by atoms with van der Waals surface area (Å²) in [5.41, 5.74) is 10.0. The molecule has 0 aliphatic carbocycles. The summed E-state index contributed by atoms with van der Waals surface area (Å²) >= 11 is 5.73. The fraction of sp³-hybridized carbons (Fsp3) is 0.111. The van der Waals surface area contributed by atoms with E-state index in [0.717, 1.165) is 10.7 Å². The average Bonchev–Trinajstić information content (AvgIpc) is 2.56. The number of aromatic nitrogens is 3. The van der Waals surface area contributed by atoms with Crippen LogP contribution in [0.25, 0.3) is 5.82 Å². The maximum absolute atomic E-state index is 12.4. The first-order valence-electron chi connectivity index (χ1n) is 4.63. The zero-order valence-corrected chi connectivity index (χ0v) is 9.50. The normalized spacial score (nSPS) is 11.8. The van der Waals surface area contributed by atoms with Gasteiger partial charge in [-0.1, -0.05) is 11.6 Å². The van der Waals surface area contributed by atoms with Crippen molar-refractivity contribution in [2.45, 2.75) is 6.18 Å². The third-order valence-corrected chi connectivity index (χ3v) is 2.38. The molecule has 4 N–H and O–H groups in total. The highest BCUT2D eigenvalue weighted by atomic mass is 35.5. The number of hydrogen-bond acceptors (Lipinski definition) is 4. The summed E-state index contributed by atoms with van der Waals surface area (Å²) in [5, 5.41) is 3.55. The Bertz CT molecular complexity index is 592. The van der Waals surface area contributed by atoms with Crippen molar-refractivity contribution in [2.75, 3.05) is 11.5 Å². The van der Waals surface area contributed by atoms with Crippen LogP contribution in [0.3, 0.4) is 0 Å². The molecule has 0 atom stereocenters. The van der Waals surface area contributed by atoms with Gasteiger partial charge >= 0.3 is 6.18 Å². The Morgan fingerprint density at radius 1 is 1.22 bits per heavy atom. The number of nitrogens with zero attached hydrogens (tertiary/aromatic N) is 3. The average molecular weight is 278 g/mol. The molecule has 0 aromatic carbocycles. The number of pyridine rings is 1. The smallest absolute Gasteiger partial charge is 0.383 e. The van der Waals surface area contributed by atoms with Crippen molar-refractivity contribution in [2.24, 2.45) is 0 Å². The molecule has 0 spiro atoms. The van der Waals surface area contributed by atoms with Crippen LogP contribution in [0, 0.1) is 0 Å². The van der Waals surface area contributed by atoms with Crippen LogP contribution in [0.2, 0.25) is 5.02 Å². The predicted molar refractivity (Wildman–Crippen MR) is 60.2 cm³/mol. The molecule has 2 aromatic heterocycles. The number of rotatable bonds is 1. The first-order valence-corrected chi connectivity index (χ1v) is 5.01. The fourth-order valence-electron chi connectivity index (χ4n) is 1.33. The largest absolute Gasteiger partial charge is 0.417 e. The lowest BCUT2D eigenvalue weighted by molar-refractivity contribution is -0.137. The molecule has 2 heterocycles. The molecule has 0 bridgehead atoms. The van der Waals surface area contributed by atoms with E-state index in [9.17, 15) is 13.2 Å². The van der Waals surface area contributed by atoms with Crippen LogP contribution in [-0.2, 0) is 6.18 Å². The number of halogens is 4. The first-order chi connectivity index (χ1) is 8.29. The fourth-order valence-corrected chi connectivity index (χ4v) is 1.57. The summed E-state index contributed by atoms with van der Waals surface area (Å²) in [4.78, 5) is 3.60. The van der Waals surface area contributed by atoms with Crippen molar-refractivity contribution in [1.82, 2.24) is 14.8 Å². The molecule has 0 saturated carbocycles. The maximum Gasteiger partial charge on any atom is 0.417 e. The molecule has 2 rings (SSSR count). The van der Waals surface area contributed by atoms with Crippen LogP contribution >= 0.6 is 11.6 Å². The van der Waals surface area contributed by atoms with Gasteiger partial charge < -0.3 is 11.5 Å². The summed E-state index contributed by atoms with van der Waals surface area (Å²) in [7, 11) is 0. The van der Waals surface area contributed by atoms with Crippen molar-refractivity contribution in [1.29, 1.82) is 0 Å². The number of nitrogen functional groups attached to an aromatic ring is 2. The predicted octanol–water partition coefficient (Wildman–Crippen LogP) is 2.10. The summed E-state index contributed by atoms with van der Waals surface area (Å²) in [6, 6.07) is 2.09. The third kappa shape index (κ3) is 2.19. The topological polar surface area (TPSA) is 82.8 Å². The molecule has 0 unspecified atom stereocenters. The lowest BCUT2D eigenvalue weighted by atomic mass is 10.3. The van der Waals surface area contributed by atoms with E-state index in [0.29, 0.717) is 6.20 Å². The SMILES string of the molecule is Nc1cc(N)n(-c2ncc(C(F)(F)F)cc2Cl)n1. The molecule has 0 fully saturated rings. The van der Waals surface area contributed by atoms with Crippen LogP contribution in [-0.4, -0.2) is 14.8 Å². The zero-order chi connectivity index (χ0) is 13.5. The van der Waals surface area contributed by atoms with Gasteiger partial charge in [0, 0.05) is 12.3 Å². The van der Waals surface area contributed by atoms with E-state index in [2.05, 4.69) is 10.1 Å². The lowest BCUT2D eigenvalue weighted by Gasteiger charge is -2.09. The molecular formula is C9H7ClF3N5. The summed E-state index contributed by atoms with van der Waals surface area (Å²) in [6.07, 6.45) is -3.86. The quantitative estimate of drug-likeness (QED) is 0.836. The van der Waals surface area contributed by atoms with Gasteiger partial charge in [-0.3, -0.25) is 0 Å². The van der Waals surface area contributed by atoms with E-state index in [1.807, 2.05) is 0 Å². The number of anilines is 2. The molecule has 5 nitrogen and oxygen atoms in total. The Kier molecular flexibility index (Phi) is 2.81. The van der Waals surface area contributed by atoms with Crippen LogP contribution in [0.15, 0.2) is 18.3 Å². The minimum atomic E-state index is -4.51. The van der Waals surface area contributed by atoms with Gasteiger partial charge in [0.15, 0.2) is 5.82 Å². The number of nitrogens with two attached hydrogens (primary N) is 2. The Morgan fingerprint density at radius 2 is 1.89 bits per heavy atom. The van der Waals surface area contributed by atoms with Crippen molar-refractivity contribution in [3.8, 4) is 5.82 Å². The standard InChI is InChI=1S/C9H7ClF3N5/c10-5-1-4(9(11,12)13)3-16-8(5)18-7(15)2-6(14)17-18/h1-3H,15H2,(H2,14,17). The molecule has 0 radical (unpaired) electrons. The highest BCUT2D eigenvalue weighted by molar-refractivity contribution is 6.32. The molecule has 18 heavy (non-hydrogen) atoms. The second kappa shape index (κ2) is 4.05. The van der Waals surface area contributed by atoms with E-state index in [1.165, 1.54) is 6.07 Å². The Labute approximate surface area is 104 Å². The Balaban J connectivity index is 2.51. The first kappa shape index (κ1) is 12.5. The van der Waals surface area contributed by atoms with Crippen molar-refractivity contribution in [3.05, 3.63) is 28.9 Å². The Hall–Kier alpha value is -1.96. The molecular weight excluding hydrogens is 271 g/mol. The molecule has 2 aromatic rings. The molecule has 9 heteroatoms. The monoisotopic (exact) mass is 277 g/mol. The minimum Gasteiger partial charge on any atom is -0.383 e. The van der Waals surface area contributed by atoms with Gasteiger partial charge in [0.2, 0.25) is 0 Å². The van der Waals surface area contributed by atoms with Crippen LogP contribution < -0.4 is 11.5 Å². The van der Waals surface area contributed by atoms with Gasteiger partial charge in [-0.2, -0.15) is 17.9 Å². The molecule has 0 saturated heterocycles. The third-order valence-electron chi connectivity index (χ3n) is 2.11. The van der Waals surface area contributed by atoms with Gasteiger partial charge in [-0.25, -0.2) is 4.98 Å². The second-order valence-corrected chi connectivity index (χ2v) is 3.84. The van der Waals surface area contributed by atoms with Crippen LogP contribution in [0.5, 0.6) is 0 Å². The second-order valence-electron chi connectivity index (χ2n) is 3.43. The number of hydrogen-bond donors (Lipinski definition) is 2. The maximum atomic E-state index is 12.4. The van der Waals surface area contributed by atoms with E-state index in [4.69, 9.17) is 23.1 Å². The van der Waals surface area contributed by atoms with Gasteiger partial charge in [0.05, 0.1) is 10.6 Å². The zero-order valence-electron chi connectivity index (χ0n) is 8.74. The van der Waals surface area contributed by atoms with E-state index >= 15 is 0 Å². The highest BCUT2D eigenvalue weighted by Gasteiger charge is 2.31. The minimum absolute atomic E-state index is 0.0149. The van der Waals surface area contributed by atoms with Crippen LogP contribution in [0.1, 0.15) is 5.56 Å².